The molecule has 2 aromatic heterocycles. The molecular formula is C45H43F3N8O7S2. The average Bonchev–Trinajstić information content (AvgIpc) is 3.97. The van der Waals surface area contributed by atoms with Crippen LogP contribution in [0.3, 0.4) is 0 Å². The number of sulfonamides is 2. The van der Waals surface area contributed by atoms with E-state index in [1.807, 2.05) is 6.07 Å². The number of halogens is 3. The van der Waals surface area contributed by atoms with Gasteiger partial charge < -0.3 is 16.2 Å². The highest BCUT2D eigenvalue weighted by Crippen LogP contribution is 2.24. The molecule has 6 N–H and O–H groups in total. The van der Waals surface area contributed by atoms with Crippen molar-refractivity contribution in [1.82, 2.24) is 34.3 Å². The van der Waals surface area contributed by atoms with Gasteiger partial charge in [-0.3, -0.25) is 9.18 Å². The zero-order valence-corrected chi connectivity index (χ0v) is 36.3. The third-order valence-corrected chi connectivity index (χ3v) is 12.4. The van der Waals surface area contributed by atoms with Gasteiger partial charge in [-0.15, -0.1) is 0 Å². The van der Waals surface area contributed by atoms with Crippen molar-refractivity contribution in [3.63, 3.8) is 0 Å². The lowest BCUT2D eigenvalue weighted by Crippen LogP contribution is -2.23. The lowest BCUT2D eigenvalue weighted by atomic mass is 10.1. The molecule has 0 spiro atoms. The number of benzene rings is 6. The summed E-state index contributed by atoms with van der Waals surface area (Å²) < 4.78 is 95.5. The Hall–Kier alpha value is -7.23. The molecule has 8 rings (SSSR count). The molecule has 0 aliphatic rings. The number of rotatable bonds is 11. The second kappa shape index (κ2) is 21.9. The summed E-state index contributed by atoms with van der Waals surface area (Å²) in [5, 5.41) is 21.7. The second-order valence-corrected chi connectivity index (χ2v) is 17.2. The van der Waals surface area contributed by atoms with Crippen molar-refractivity contribution in [1.29, 1.82) is 0 Å². The van der Waals surface area contributed by atoms with Gasteiger partial charge in [0.25, 0.3) is 5.91 Å². The van der Waals surface area contributed by atoms with Crippen molar-refractivity contribution in [2.45, 2.75) is 22.9 Å². The Kier molecular flexibility index (Phi) is 15.9. The first-order valence-corrected chi connectivity index (χ1v) is 22.1. The molecule has 0 saturated carbocycles. The van der Waals surface area contributed by atoms with Gasteiger partial charge in [0, 0.05) is 23.9 Å². The SMILES string of the molecule is CNS(=O)(=O)c1ccc(CN)cc1.CNS(=O)(=O)c1ccc(CNC(=O)c2cccc3c2cnn3-c2ccc(F)cc2)cc1.O=C(O)c1cccc2c1cnn2-c1ccc(F)cc1.[2H]CF. The van der Waals surface area contributed by atoms with E-state index < -0.39 is 33.2 Å². The summed E-state index contributed by atoms with van der Waals surface area (Å²) in [5.74, 6) is -1.94. The zero-order chi connectivity index (χ0) is 48.0. The van der Waals surface area contributed by atoms with E-state index in [0.717, 1.165) is 16.6 Å². The molecule has 0 bridgehead atoms. The molecule has 20 heteroatoms. The summed E-state index contributed by atoms with van der Waals surface area (Å²) >= 11 is 0. The number of aromatic nitrogens is 4. The first kappa shape index (κ1) is 47.3. The van der Waals surface area contributed by atoms with Crippen LogP contribution in [0.1, 0.15) is 33.2 Å². The fourth-order valence-corrected chi connectivity index (χ4v) is 7.63. The number of aromatic carboxylic acids is 1. The lowest BCUT2D eigenvalue weighted by molar-refractivity contribution is 0.0698. The minimum Gasteiger partial charge on any atom is -0.478 e. The standard InChI is InChI=1S/C22H19FN4O3S.C14H9FN2O2.C8H12N2O2S.CH3F/c1-24-31(29,30)18-11-5-15(6-12-18)13-25-22(28)19-3-2-4-21-20(19)14-26-27(21)17-9-7-16(23)8-10-17;15-9-4-6-10(7-5-9)17-13-3-1-2-11(14(18)19)12(13)8-16-17;1-10-13(11,12)8-4-2-7(6-9)3-5-8;1-2/h2-12,14,24H,13H2,1H3,(H,25,28);1-8H,(H,18,19);2-5,10H,6,9H2,1H3;1H3/i;;;1D. The normalized spacial score (nSPS) is 11.3. The van der Waals surface area contributed by atoms with Gasteiger partial charge in [-0.1, -0.05) is 36.4 Å². The smallest absolute Gasteiger partial charge is 0.336 e. The van der Waals surface area contributed by atoms with Crippen LogP contribution in [0.2, 0.25) is 0 Å². The predicted molar refractivity (Wildman–Crippen MR) is 240 cm³/mol. The second-order valence-electron chi connectivity index (χ2n) is 13.4. The largest absolute Gasteiger partial charge is 0.478 e. The maximum Gasteiger partial charge on any atom is 0.336 e. The lowest BCUT2D eigenvalue weighted by Gasteiger charge is -2.08. The van der Waals surface area contributed by atoms with E-state index in [9.17, 15) is 39.6 Å². The molecule has 0 aliphatic heterocycles. The number of carbonyl (C=O) groups excluding carboxylic acids is 1. The van der Waals surface area contributed by atoms with Crippen molar-refractivity contribution in [2.75, 3.05) is 21.2 Å². The monoisotopic (exact) mass is 929 g/mol. The summed E-state index contributed by atoms with van der Waals surface area (Å²) in [6.45, 7) is 0.654. The Morgan fingerprint density at radius 3 is 1.45 bits per heavy atom. The van der Waals surface area contributed by atoms with E-state index in [4.69, 9.17) is 12.2 Å². The topological polar surface area (TPSA) is 220 Å². The summed E-state index contributed by atoms with van der Waals surface area (Å²) in [6, 6.07) is 34.8. The van der Waals surface area contributed by atoms with Crippen molar-refractivity contribution in [3.05, 3.63) is 180 Å². The van der Waals surface area contributed by atoms with E-state index in [2.05, 4.69) is 25.0 Å². The van der Waals surface area contributed by atoms with Crippen LogP contribution in [-0.2, 0) is 33.1 Å². The van der Waals surface area contributed by atoms with Crippen LogP contribution in [0.25, 0.3) is 33.2 Å². The first-order valence-electron chi connectivity index (χ1n) is 19.8. The Balaban J connectivity index is 0.000000198. The van der Waals surface area contributed by atoms with E-state index in [1.165, 1.54) is 74.9 Å². The van der Waals surface area contributed by atoms with Gasteiger partial charge in [-0.2, -0.15) is 10.2 Å². The number of hydrogen-bond acceptors (Lipinski definition) is 9. The van der Waals surface area contributed by atoms with Gasteiger partial charge in [-0.05, 0) is 122 Å². The Labute approximate surface area is 373 Å². The Morgan fingerprint density at radius 2 is 1.05 bits per heavy atom. The van der Waals surface area contributed by atoms with E-state index in [-0.39, 0.29) is 39.4 Å². The molecule has 0 atom stereocenters. The molecular weight excluding hydrogens is 886 g/mol. The predicted octanol–water partition coefficient (Wildman–Crippen LogP) is 6.50. The van der Waals surface area contributed by atoms with E-state index in [0.29, 0.717) is 39.8 Å². The van der Waals surface area contributed by atoms with Gasteiger partial charge in [0.15, 0.2) is 0 Å². The maximum atomic E-state index is 13.2. The number of nitrogens with one attached hydrogen (secondary N) is 3. The molecule has 0 saturated heterocycles. The molecule has 0 unspecified atom stereocenters. The molecule has 2 heterocycles. The number of alkyl halides is 1. The third kappa shape index (κ3) is 11.9. The number of hydrogen-bond donors (Lipinski definition) is 5. The summed E-state index contributed by atoms with van der Waals surface area (Å²) in [5.41, 5.74) is 10.5. The van der Waals surface area contributed by atoms with Crippen LogP contribution < -0.4 is 20.5 Å². The summed E-state index contributed by atoms with van der Waals surface area (Å²) in [4.78, 5) is 24.3. The molecule has 338 valence electrons. The van der Waals surface area contributed by atoms with Gasteiger partial charge in [-0.25, -0.2) is 49.2 Å². The Bertz CT molecular complexity index is 3140. The van der Waals surface area contributed by atoms with Crippen LogP contribution in [0, 0.1) is 11.6 Å². The van der Waals surface area contributed by atoms with Crippen molar-refractivity contribution < 1.29 is 46.1 Å². The fourth-order valence-electron chi connectivity index (χ4n) is 6.17. The highest BCUT2D eigenvalue weighted by atomic mass is 32.2. The molecule has 8 aromatic rings. The highest BCUT2D eigenvalue weighted by molar-refractivity contribution is 7.89. The number of nitrogens with two attached hydrogens (primary N) is 1. The van der Waals surface area contributed by atoms with Gasteiger partial charge >= 0.3 is 5.97 Å². The molecule has 0 radical (unpaired) electrons. The number of amides is 1. The molecule has 6 aromatic carbocycles. The number of carboxylic acids is 1. The summed E-state index contributed by atoms with van der Waals surface area (Å²) in [7, 11) is -5.09. The average molecular weight is 930 g/mol. The van der Waals surface area contributed by atoms with Crippen LogP contribution in [0.4, 0.5) is 13.2 Å². The van der Waals surface area contributed by atoms with E-state index in [1.54, 1.807) is 88.4 Å². The number of carboxylic acid groups (broad SMARTS) is 1. The Morgan fingerprint density at radius 1 is 0.646 bits per heavy atom. The van der Waals surface area contributed by atoms with Crippen molar-refractivity contribution in [2.24, 2.45) is 5.73 Å². The quantitative estimate of drug-likeness (QED) is 0.0947. The number of nitrogens with zero attached hydrogens (tertiary/aromatic N) is 4. The maximum absolute atomic E-state index is 13.2. The van der Waals surface area contributed by atoms with Gasteiger partial charge in [0.05, 0.1) is 64.2 Å². The van der Waals surface area contributed by atoms with E-state index >= 15 is 0 Å². The molecule has 0 fully saturated rings. The molecule has 1 amide bonds. The molecule has 15 nitrogen and oxygen atoms in total. The minimum atomic E-state index is -3.50. The first-order chi connectivity index (χ1) is 31.6. The van der Waals surface area contributed by atoms with Crippen LogP contribution in [-0.4, -0.2) is 74.6 Å². The third-order valence-electron chi connectivity index (χ3n) is 9.54. The van der Waals surface area contributed by atoms with Crippen LogP contribution in [0.15, 0.2) is 156 Å². The zero-order valence-electron chi connectivity index (χ0n) is 35.7. The minimum absolute atomic E-state index is 0.156. The van der Waals surface area contributed by atoms with Crippen LogP contribution >= 0.6 is 0 Å². The van der Waals surface area contributed by atoms with Crippen molar-refractivity contribution >= 4 is 53.7 Å². The highest BCUT2D eigenvalue weighted by Gasteiger charge is 2.16. The van der Waals surface area contributed by atoms with Gasteiger partial charge in [0.1, 0.15) is 11.6 Å². The number of carbonyl (C=O) groups is 2. The van der Waals surface area contributed by atoms with Crippen LogP contribution in [0.5, 0.6) is 0 Å². The van der Waals surface area contributed by atoms with Crippen molar-refractivity contribution in [3.8, 4) is 11.4 Å². The summed E-state index contributed by atoms with van der Waals surface area (Å²) in [6.07, 6.45) is 3.10. The molecule has 0 aliphatic carbocycles. The van der Waals surface area contributed by atoms with Gasteiger partial charge in [0.2, 0.25) is 20.0 Å². The molecule has 65 heavy (non-hydrogen) atoms. The number of fused-ring (bicyclic) bond motifs is 2. The fraction of sp³-hybridized carbons (Fsp3) is 0.111.